The van der Waals surface area contributed by atoms with Gasteiger partial charge in [-0.3, -0.25) is 0 Å². The molecule has 0 heterocycles. The third-order valence-corrected chi connectivity index (χ3v) is 4.33. The van der Waals surface area contributed by atoms with Crippen molar-refractivity contribution in [3.63, 3.8) is 0 Å². The molecule has 0 aliphatic rings. The maximum atomic E-state index is 11.4. The Balaban J connectivity index is 2.25. The fourth-order valence-corrected chi connectivity index (χ4v) is 2.20. The van der Waals surface area contributed by atoms with Gasteiger partial charge in [0.15, 0.2) is 0 Å². The number of hydrogen-bond acceptors (Lipinski definition) is 3. The van der Waals surface area contributed by atoms with Gasteiger partial charge in [-0.1, -0.05) is 18.2 Å². The van der Waals surface area contributed by atoms with Gasteiger partial charge in [-0.25, -0.2) is 12.7 Å². The molecule has 1 aromatic rings. The van der Waals surface area contributed by atoms with E-state index < -0.39 is 10.0 Å². The minimum atomic E-state index is -3.07. The van der Waals surface area contributed by atoms with E-state index in [4.69, 9.17) is 4.74 Å². The van der Waals surface area contributed by atoms with Crippen LogP contribution in [0.15, 0.2) is 30.3 Å². The summed E-state index contributed by atoms with van der Waals surface area (Å²) in [6.45, 7) is 2.66. The summed E-state index contributed by atoms with van der Waals surface area (Å²) in [4.78, 5) is 0. The predicted molar refractivity (Wildman–Crippen MR) is 68.6 cm³/mol. The van der Waals surface area contributed by atoms with Crippen LogP contribution in [0.5, 0.6) is 5.75 Å². The Labute approximate surface area is 103 Å². The first-order valence-electron chi connectivity index (χ1n) is 5.68. The third kappa shape index (κ3) is 4.75. The topological polar surface area (TPSA) is 46.6 Å². The van der Waals surface area contributed by atoms with Gasteiger partial charge in [-0.05, 0) is 25.5 Å². The molecule has 0 aromatic heterocycles. The van der Waals surface area contributed by atoms with E-state index in [2.05, 4.69) is 0 Å². The van der Waals surface area contributed by atoms with E-state index in [-0.39, 0.29) is 5.75 Å². The molecule has 17 heavy (non-hydrogen) atoms. The lowest BCUT2D eigenvalue weighted by atomic mass is 10.3. The summed E-state index contributed by atoms with van der Waals surface area (Å²) in [5, 5.41) is 0. The molecule has 0 atom stereocenters. The van der Waals surface area contributed by atoms with E-state index in [1.54, 1.807) is 14.0 Å². The first-order valence-corrected chi connectivity index (χ1v) is 7.29. The Morgan fingerprint density at radius 2 is 1.88 bits per heavy atom. The standard InChI is InChI=1S/C12H19NO3S/c1-3-17(14,15)13(2)10-7-11-16-12-8-5-4-6-9-12/h4-6,8-9H,3,7,10-11H2,1-2H3. The Bertz CT molecular complexity index is 417. The van der Waals surface area contributed by atoms with Crippen LogP contribution in [0.2, 0.25) is 0 Å². The zero-order chi connectivity index (χ0) is 12.7. The summed E-state index contributed by atoms with van der Waals surface area (Å²) < 4.78 is 29.8. The summed E-state index contributed by atoms with van der Waals surface area (Å²) in [6, 6.07) is 9.50. The second-order valence-corrected chi connectivity index (χ2v) is 6.10. The smallest absolute Gasteiger partial charge is 0.213 e. The highest BCUT2D eigenvalue weighted by atomic mass is 32.2. The molecule has 4 nitrogen and oxygen atoms in total. The molecule has 0 saturated carbocycles. The van der Waals surface area contributed by atoms with Crippen molar-refractivity contribution in [1.82, 2.24) is 4.31 Å². The van der Waals surface area contributed by atoms with Crippen LogP contribution >= 0.6 is 0 Å². The molecular formula is C12H19NO3S. The SMILES string of the molecule is CCS(=O)(=O)N(C)CCCOc1ccccc1. The molecule has 0 aliphatic carbocycles. The van der Waals surface area contributed by atoms with Crippen LogP contribution in [0.1, 0.15) is 13.3 Å². The number of rotatable bonds is 7. The Morgan fingerprint density at radius 1 is 1.24 bits per heavy atom. The lowest BCUT2D eigenvalue weighted by molar-refractivity contribution is 0.296. The minimum absolute atomic E-state index is 0.142. The van der Waals surface area contributed by atoms with Gasteiger partial charge < -0.3 is 4.74 Å². The van der Waals surface area contributed by atoms with Crippen LogP contribution in [0.4, 0.5) is 0 Å². The van der Waals surface area contributed by atoms with Gasteiger partial charge in [0.25, 0.3) is 0 Å². The molecule has 0 amide bonds. The predicted octanol–water partition coefficient (Wildman–Crippen LogP) is 1.74. The second kappa shape index (κ2) is 6.61. The zero-order valence-electron chi connectivity index (χ0n) is 10.3. The van der Waals surface area contributed by atoms with Crippen molar-refractivity contribution in [3.05, 3.63) is 30.3 Å². The maximum absolute atomic E-state index is 11.4. The van der Waals surface area contributed by atoms with E-state index in [0.29, 0.717) is 19.6 Å². The van der Waals surface area contributed by atoms with Gasteiger partial charge in [-0.2, -0.15) is 0 Å². The Kier molecular flexibility index (Phi) is 5.44. The van der Waals surface area contributed by atoms with Gasteiger partial charge in [0, 0.05) is 13.6 Å². The highest BCUT2D eigenvalue weighted by molar-refractivity contribution is 7.89. The molecular weight excluding hydrogens is 238 g/mol. The van der Waals surface area contributed by atoms with E-state index in [9.17, 15) is 8.42 Å². The first-order chi connectivity index (χ1) is 8.06. The number of hydrogen-bond donors (Lipinski definition) is 0. The summed E-state index contributed by atoms with van der Waals surface area (Å²) in [5.74, 6) is 0.955. The van der Waals surface area contributed by atoms with Crippen LogP contribution in [-0.4, -0.2) is 38.7 Å². The summed E-state index contributed by atoms with van der Waals surface area (Å²) in [6.07, 6.45) is 0.685. The van der Waals surface area contributed by atoms with E-state index in [1.807, 2.05) is 30.3 Å². The maximum Gasteiger partial charge on any atom is 0.213 e. The van der Waals surface area contributed by atoms with E-state index in [0.717, 1.165) is 5.75 Å². The molecule has 0 unspecified atom stereocenters. The Morgan fingerprint density at radius 3 is 2.47 bits per heavy atom. The van der Waals surface area contributed by atoms with E-state index >= 15 is 0 Å². The largest absolute Gasteiger partial charge is 0.494 e. The molecule has 0 spiro atoms. The average Bonchev–Trinajstić information content (AvgIpc) is 2.35. The van der Waals surface area contributed by atoms with Crippen molar-refractivity contribution in [1.29, 1.82) is 0 Å². The third-order valence-electron chi connectivity index (χ3n) is 2.47. The van der Waals surface area contributed by atoms with Crippen LogP contribution in [-0.2, 0) is 10.0 Å². The van der Waals surface area contributed by atoms with Crippen LogP contribution in [0.25, 0.3) is 0 Å². The Hall–Kier alpha value is -1.07. The molecule has 0 saturated heterocycles. The summed E-state index contributed by atoms with van der Waals surface area (Å²) in [7, 11) is -1.47. The fourth-order valence-electron chi connectivity index (χ4n) is 1.35. The van der Waals surface area contributed by atoms with Gasteiger partial charge in [0.2, 0.25) is 10.0 Å². The quantitative estimate of drug-likeness (QED) is 0.699. The number of ether oxygens (including phenoxy) is 1. The highest BCUT2D eigenvalue weighted by Gasteiger charge is 2.13. The molecule has 0 bridgehead atoms. The molecule has 0 aliphatic heterocycles. The minimum Gasteiger partial charge on any atom is -0.494 e. The number of sulfonamides is 1. The van der Waals surface area contributed by atoms with Crippen LogP contribution in [0, 0.1) is 0 Å². The number of para-hydroxylation sites is 1. The van der Waals surface area contributed by atoms with Gasteiger partial charge >= 0.3 is 0 Å². The molecule has 5 heteroatoms. The van der Waals surface area contributed by atoms with Crippen LogP contribution < -0.4 is 4.74 Å². The molecule has 96 valence electrons. The van der Waals surface area contributed by atoms with Crippen molar-refractivity contribution in [2.75, 3.05) is 26.0 Å². The molecule has 0 radical (unpaired) electrons. The van der Waals surface area contributed by atoms with Crippen molar-refractivity contribution < 1.29 is 13.2 Å². The molecule has 1 rings (SSSR count). The molecule has 0 N–H and O–H groups in total. The highest BCUT2D eigenvalue weighted by Crippen LogP contribution is 2.08. The summed E-state index contributed by atoms with van der Waals surface area (Å²) >= 11 is 0. The second-order valence-electron chi connectivity index (χ2n) is 3.74. The van der Waals surface area contributed by atoms with Crippen molar-refractivity contribution in [3.8, 4) is 5.75 Å². The molecule has 1 aromatic carbocycles. The van der Waals surface area contributed by atoms with Crippen molar-refractivity contribution >= 4 is 10.0 Å². The van der Waals surface area contributed by atoms with Crippen LogP contribution in [0.3, 0.4) is 0 Å². The number of nitrogens with zero attached hydrogens (tertiary/aromatic N) is 1. The van der Waals surface area contributed by atoms with Crippen molar-refractivity contribution in [2.24, 2.45) is 0 Å². The normalized spacial score (nSPS) is 11.7. The number of benzene rings is 1. The lowest BCUT2D eigenvalue weighted by Gasteiger charge is -2.15. The van der Waals surface area contributed by atoms with Gasteiger partial charge in [0.05, 0.1) is 12.4 Å². The lowest BCUT2D eigenvalue weighted by Crippen LogP contribution is -2.30. The zero-order valence-corrected chi connectivity index (χ0v) is 11.1. The average molecular weight is 257 g/mol. The first kappa shape index (κ1) is 14.0. The van der Waals surface area contributed by atoms with E-state index in [1.165, 1.54) is 4.31 Å². The van der Waals surface area contributed by atoms with Gasteiger partial charge in [0.1, 0.15) is 5.75 Å². The fraction of sp³-hybridized carbons (Fsp3) is 0.500. The van der Waals surface area contributed by atoms with Gasteiger partial charge in [-0.15, -0.1) is 0 Å². The summed E-state index contributed by atoms with van der Waals surface area (Å²) in [5.41, 5.74) is 0. The van der Waals surface area contributed by atoms with Crippen molar-refractivity contribution in [2.45, 2.75) is 13.3 Å². The monoisotopic (exact) mass is 257 g/mol. The molecule has 0 fully saturated rings.